The Kier molecular flexibility index (Phi) is 4.08. The number of ether oxygens (including phenoxy) is 1. The van der Waals surface area contributed by atoms with Crippen molar-refractivity contribution < 1.29 is 9.53 Å². The topological polar surface area (TPSA) is 41.6 Å². The van der Waals surface area contributed by atoms with Gasteiger partial charge in [-0.15, -0.1) is 0 Å². The second kappa shape index (κ2) is 5.80. The van der Waals surface area contributed by atoms with Crippen molar-refractivity contribution in [3.63, 3.8) is 0 Å². The third-order valence-electron chi connectivity index (χ3n) is 5.26. The molecular weight excluding hydrogens is 240 g/mol. The summed E-state index contributed by atoms with van der Waals surface area (Å²) in [5, 5.41) is 3.46. The Hall–Kier alpha value is -0.610. The maximum Gasteiger partial charge on any atom is 0.239 e. The lowest BCUT2D eigenvalue weighted by Crippen LogP contribution is -2.46. The first-order valence-corrected chi connectivity index (χ1v) is 7.82. The number of nitrogens with zero attached hydrogens (tertiary/aromatic N) is 1. The van der Waals surface area contributed by atoms with Crippen LogP contribution in [0.3, 0.4) is 0 Å². The van der Waals surface area contributed by atoms with Gasteiger partial charge < -0.3 is 15.0 Å². The first kappa shape index (κ1) is 13.4. The summed E-state index contributed by atoms with van der Waals surface area (Å²) in [7, 11) is 1.97. The molecule has 1 amide bonds. The van der Waals surface area contributed by atoms with Crippen LogP contribution in [-0.4, -0.2) is 50.2 Å². The van der Waals surface area contributed by atoms with E-state index in [0.717, 1.165) is 45.1 Å². The molecule has 3 rings (SSSR count). The highest BCUT2D eigenvalue weighted by atomic mass is 16.5. The van der Waals surface area contributed by atoms with Gasteiger partial charge in [-0.25, -0.2) is 0 Å². The molecule has 2 saturated heterocycles. The van der Waals surface area contributed by atoms with Crippen molar-refractivity contribution in [1.29, 1.82) is 0 Å². The molecule has 19 heavy (non-hydrogen) atoms. The average molecular weight is 266 g/mol. The zero-order valence-corrected chi connectivity index (χ0v) is 11.9. The molecule has 4 nitrogen and oxygen atoms in total. The zero-order valence-electron chi connectivity index (χ0n) is 11.9. The smallest absolute Gasteiger partial charge is 0.239 e. The maximum absolute atomic E-state index is 12.6. The second-order valence-electron chi connectivity index (χ2n) is 6.52. The SMILES string of the molecule is CN(CC1CCOCC1)C(=O)C1NCC2CCCC21. The molecule has 1 saturated carbocycles. The molecule has 2 heterocycles. The Labute approximate surface area is 115 Å². The lowest BCUT2D eigenvalue weighted by Gasteiger charge is -2.30. The van der Waals surface area contributed by atoms with E-state index < -0.39 is 0 Å². The fourth-order valence-corrected chi connectivity index (χ4v) is 4.10. The van der Waals surface area contributed by atoms with Gasteiger partial charge in [0, 0.05) is 26.8 Å². The van der Waals surface area contributed by atoms with E-state index in [2.05, 4.69) is 5.32 Å². The number of hydrogen-bond donors (Lipinski definition) is 1. The van der Waals surface area contributed by atoms with Gasteiger partial charge in [0.15, 0.2) is 0 Å². The molecule has 108 valence electrons. The molecule has 1 N–H and O–H groups in total. The van der Waals surface area contributed by atoms with Crippen molar-refractivity contribution in [2.75, 3.05) is 33.4 Å². The fourth-order valence-electron chi connectivity index (χ4n) is 4.10. The van der Waals surface area contributed by atoms with Crippen molar-refractivity contribution in [2.24, 2.45) is 17.8 Å². The summed E-state index contributed by atoms with van der Waals surface area (Å²) in [5.74, 6) is 2.31. The minimum absolute atomic E-state index is 0.0948. The van der Waals surface area contributed by atoms with E-state index in [1.165, 1.54) is 19.3 Å². The van der Waals surface area contributed by atoms with Gasteiger partial charge in [0.2, 0.25) is 5.91 Å². The normalized spacial score (nSPS) is 35.3. The summed E-state index contributed by atoms with van der Waals surface area (Å²) in [6.07, 6.45) is 6.05. The van der Waals surface area contributed by atoms with E-state index in [1.54, 1.807) is 0 Å². The van der Waals surface area contributed by atoms with Crippen LogP contribution in [0.5, 0.6) is 0 Å². The number of likely N-dealkylation sites (N-methyl/N-ethyl adjacent to an activating group) is 1. The Balaban J connectivity index is 1.54. The van der Waals surface area contributed by atoms with Crippen molar-refractivity contribution in [3.8, 4) is 0 Å². The van der Waals surface area contributed by atoms with Crippen molar-refractivity contribution in [3.05, 3.63) is 0 Å². The molecule has 2 aliphatic heterocycles. The summed E-state index contributed by atoms with van der Waals surface area (Å²) >= 11 is 0. The number of carbonyl (C=O) groups is 1. The molecule has 3 aliphatic rings. The number of nitrogens with one attached hydrogen (secondary N) is 1. The Morgan fingerprint density at radius 1 is 1.26 bits per heavy atom. The molecule has 4 heteroatoms. The van der Waals surface area contributed by atoms with E-state index in [1.807, 2.05) is 11.9 Å². The van der Waals surface area contributed by atoms with Gasteiger partial charge in [-0.05, 0) is 50.0 Å². The molecular formula is C15H26N2O2. The molecule has 0 aromatic carbocycles. The number of fused-ring (bicyclic) bond motifs is 1. The van der Waals surface area contributed by atoms with Gasteiger partial charge in [-0.3, -0.25) is 4.79 Å². The first-order chi connectivity index (χ1) is 9.25. The summed E-state index contributed by atoms with van der Waals surface area (Å²) in [4.78, 5) is 14.6. The van der Waals surface area contributed by atoms with E-state index in [4.69, 9.17) is 4.74 Å². The van der Waals surface area contributed by atoms with Gasteiger partial charge in [0.1, 0.15) is 0 Å². The molecule has 0 bridgehead atoms. The van der Waals surface area contributed by atoms with Crippen LogP contribution in [0.1, 0.15) is 32.1 Å². The minimum Gasteiger partial charge on any atom is -0.381 e. The molecule has 0 aromatic heterocycles. The van der Waals surface area contributed by atoms with Gasteiger partial charge >= 0.3 is 0 Å². The Bertz CT molecular complexity index is 328. The van der Waals surface area contributed by atoms with Crippen LogP contribution in [0.15, 0.2) is 0 Å². The van der Waals surface area contributed by atoms with Gasteiger partial charge in [-0.2, -0.15) is 0 Å². The number of rotatable bonds is 3. The number of amides is 1. The van der Waals surface area contributed by atoms with Crippen LogP contribution in [0.25, 0.3) is 0 Å². The summed E-state index contributed by atoms with van der Waals surface area (Å²) in [6.45, 7) is 3.67. The maximum atomic E-state index is 12.6. The van der Waals surface area contributed by atoms with E-state index in [9.17, 15) is 4.79 Å². The quantitative estimate of drug-likeness (QED) is 0.836. The Morgan fingerprint density at radius 3 is 2.84 bits per heavy atom. The predicted molar refractivity (Wildman–Crippen MR) is 73.8 cm³/mol. The van der Waals surface area contributed by atoms with Crippen molar-refractivity contribution in [2.45, 2.75) is 38.1 Å². The predicted octanol–water partition coefficient (Wildman–Crippen LogP) is 1.26. The third kappa shape index (κ3) is 2.79. The molecule has 3 atom stereocenters. The number of carbonyl (C=O) groups excluding carboxylic acids is 1. The van der Waals surface area contributed by atoms with E-state index in [0.29, 0.717) is 17.7 Å². The molecule has 1 aliphatic carbocycles. The van der Waals surface area contributed by atoms with Crippen molar-refractivity contribution >= 4 is 5.91 Å². The molecule has 3 unspecified atom stereocenters. The van der Waals surface area contributed by atoms with Gasteiger partial charge in [-0.1, -0.05) is 6.42 Å². The molecule has 0 spiro atoms. The summed E-state index contributed by atoms with van der Waals surface area (Å²) < 4.78 is 5.38. The lowest BCUT2D eigenvalue weighted by atomic mass is 9.93. The Morgan fingerprint density at radius 2 is 2.05 bits per heavy atom. The highest BCUT2D eigenvalue weighted by Crippen LogP contribution is 2.38. The van der Waals surface area contributed by atoms with Crippen molar-refractivity contribution in [1.82, 2.24) is 10.2 Å². The van der Waals surface area contributed by atoms with Crippen LogP contribution in [0.2, 0.25) is 0 Å². The first-order valence-electron chi connectivity index (χ1n) is 7.82. The average Bonchev–Trinajstić information content (AvgIpc) is 3.01. The number of hydrogen-bond acceptors (Lipinski definition) is 3. The second-order valence-corrected chi connectivity index (χ2v) is 6.52. The fraction of sp³-hybridized carbons (Fsp3) is 0.933. The van der Waals surface area contributed by atoms with Crippen LogP contribution < -0.4 is 5.32 Å². The van der Waals surface area contributed by atoms with Gasteiger partial charge in [0.05, 0.1) is 6.04 Å². The van der Waals surface area contributed by atoms with E-state index in [-0.39, 0.29) is 6.04 Å². The van der Waals surface area contributed by atoms with Crippen LogP contribution in [0, 0.1) is 17.8 Å². The van der Waals surface area contributed by atoms with Crippen LogP contribution in [-0.2, 0) is 9.53 Å². The zero-order chi connectivity index (χ0) is 13.2. The van der Waals surface area contributed by atoms with Gasteiger partial charge in [0.25, 0.3) is 0 Å². The highest BCUT2D eigenvalue weighted by molar-refractivity contribution is 5.82. The lowest BCUT2D eigenvalue weighted by molar-refractivity contribution is -0.133. The van der Waals surface area contributed by atoms with Crippen LogP contribution in [0.4, 0.5) is 0 Å². The summed E-state index contributed by atoms with van der Waals surface area (Å²) in [5.41, 5.74) is 0. The third-order valence-corrected chi connectivity index (χ3v) is 5.26. The molecule has 0 aromatic rings. The standard InChI is InChI=1S/C15H26N2O2/c1-17(10-11-5-7-19-8-6-11)15(18)14-13-4-2-3-12(13)9-16-14/h11-14,16H,2-10H2,1H3. The summed E-state index contributed by atoms with van der Waals surface area (Å²) in [6, 6.07) is 0.0948. The monoisotopic (exact) mass is 266 g/mol. The largest absolute Gasteiger partial charge is 0.381 e. The minimum atomic E-state index is 0.0948. The van der Waals surface area contributed by atoms with E-state index >= 15 is 0 Å². The molecule has 3 fully saturated rings. The molecule has 0 radical (unpaired) electrons. The highest BCUT2D eigenvalue weighted by Gasteiger charge is 2.43. The van der Waals surface area contributed by atoms with Crippen LogP contribution >= 0.6 is 0 Å².